The Kier molecular flexibility index (Phi) is 9.15. The molecule has 0 radical (unpaired) electrons. The molecule has 5 nitrogen and oxygen atoms in total. The number of rotatable bonds is 5. The Morgan fingerprint density at radius 3 is 2.81 bits per heavy atom. The average Bonchev–Trinajstić information content (AvgIpc) is 2.61. The number of nitrogens with one attached hydrogen (secondary N) is 1. The molecule has 0 spiro atoms. The van der Waals surface area contributed by atoms with E-state index in [-0.39, 0.29) is 24.0 Å². The first-order valence-electron chi connectivity index (χ1n) is 9.67. The fraction of sp³-hybridized carbons (Fsp3) is 0.650. The first-order valence-corrected chi connectivity index (χ1v) is 9.67. The Bertz CT molecular complexity index is 575. The number of morpholine rings is 1. The Morgan fingerprint density at radius 2 is 2.04 bits per heavy atom. The van der Waals surface area contributed by atoms with Gasteiger partial charge in [0.05, 0.1) is 19.3 Å². The van der Waals surface area contributed by atoms with Gasteiger partial charge in [0.15, 0.2) is 5.96 Å². The second-order valence-corrected chi connectivity index (χ2v) is 7.42. The molecule has 3 N–H and O–H groups in total. The maximum atomic E-state index is 6.07. The molecule has 2 aliphatic rings. The summed E-state index contributed by atoms with van der Waals surface area (Å²) in [7, 11) is 0. The van der Waals surface area contributed by atoms with Gasteiger partial charge in [0, 0.05) is 25.7 Å². The lowest BCUT2D eigenvalue weighted by molar-refractivity contribution is -0.0212. The van der Waals surface area contributed by atoms with Crippen molar-refractivity contribution in [2.45, 2.75) is 64.3 Å². The number of ether oxygens (including phenoxy) is 1. The van der Waals surface area contributed by atoms with E-state index in [9.17, 15) is 0 Å². The van der Waals surface area contributed by atoms with E-state index in [1.165, 1.54) is 43.2 Å². The molecule has 1 saturated carbocycles. The summed E-state index contributed by atoms with van der Waals surface area (Å²) in [5.41, 5.74) is 8.62. The molecular formula is C20H33IN4O. The molecule has 3 rings (SSSR count). The lowest BCUT2D eigenvalue weighted by Gasteiger charge is -2.31. The number of aliphatic imine (C=N–C) groups is 1. The van der Waals surface area contributed by atoms with Crippen molar-refractivity contribution in [3.63, 3.8) is 0 Å². The monoisotopic (exact) mass is 472 g/mol. The van der Waals surface area contributed by atoms with Crippen molar-refractivity contribution in [3.8, 4) is 0 Å². The molecule has 6 heteroatoms. The summed E-state index contributed by atoms with van der Waals surface area (Å²) in [6.07, 6.45) is 6.70. The normalized spacial score (nSPS) is 22.7. The largest absolute Gasteiger partial charge is 0.376 e. The molecule has 1 unspecified atom stereocenters. The topological polar surface area (TPSA) is 62.9 Å². The van der Waals surface area contributed by atoms with Crippen molar-refractivity contribution < 1.29 is 4.74 Å². The molecule has 1 aromatic rings. The Balaban J connectivity index is 0.00000243. The van der Waals surface area contributed by atoms with Crippen molar-refractivity contribution >= 4 is 29.9 Å². The third-order valence-corrected chi connectivity index (χ3v) is 5.11. The summed E-state index contributed by atoms with van der Waals surface area (Å²) in [6.45, 7) is 6.58. The van der Waals surface area contributed by atoms with Gasteiger partial charge in [-0.2, -0.15) is 0 Å². The lowest BCUT2D eigenvalue weighted by atomic mass is 9.96. The Labute approximate surface area is 174 Å². The van der Waals surface area contributed by atoms with Gasteiger partial charge in [-0.05, 0) is 30.9 Å². The highest BCUT2D eigenvalue weighted by atomic mass is 127. The first-order chi connectivity index (χ1) is 12.2. The van der Waals surface area contributed by atoms with Crippen LogP contribution >= 0.6 is 24.0 Å². The van der Waals surface area contributed by atoms with Crippen LogP contribution in [0.3, 0.4) is 0 Å². The predicted molar refractivity (Wildman–Crippen MR) is 118 cm³/mol. The van der Waals surface area contributed by atoms with Gasteiger partial charge in [-0.25, -0.2) is 4.99 Å². The lowest BCUT2D eigenvalue weighted by Crippen LogP contribution is -2.41. The van der Waals surface area contributed by atoms with E-state index in [1.807, 2.05) is 0 Å². The van der Waals surface area contributed by atoms with Crippen LogP contribution in [-0.4, -0.2) is 42.7 Å². The van der Waals surface area contributed by atoms with Crippen molar-refractivity contribution in [1.29, 1.82) is 0 Å². The third-order valence-electron chi connectivity index (χ3n) is 5.11. The molecular weight excluding hydrogens is 439 g/mol. The summed E-state index contributed by atoms with van der Waals surface area (Å²) < 4.78 is 5.62. The maximum Gasteiger partial charge on any atom is 0.189 e. The third kappa shape index (κ3) is 7.04. The SMILES string of the molecule is CC1CN(Cc2cccc(CN=C(N)NC3CCCCC3)c2)CCO1.I. The molecule has 1 saturated heterocycles. The van der Waals surface area contributed by atoms with Gasteiger partial charge in [-0.3, -0.25) is 4.90 Å². The van der Waals surface area contributed by atoms with Gasteiger partial charge in [0.2, 0.25) is 0 Å². The van der Waals surface area contributed by atoms with Gasteiger partial charge in [0.25, 0.3) is 0 Å². The molecule has 0 bridgehead atoms. The molecule has 26 heavy (non-hydrogen) atoms. The van der Waals surface area contributed by atoms with Crippen molar-refractivity contribution in [1.82, 2.24) is 10.2 Å². The number of hydrogen-bond acceptors (Lipinski definition) is 3. The summed E-state index contributed by atoms with van der Waals surface area (Å²) in [4.78, 5) is 6.99. The summed E-state index contributed by atoms with van der Waals surface area (Å²) in [5, 5.41) is 3.38. The van der Waals surface area contributed by atoms with Crippen molar-refractivity contribution in [3.05, 3.63) is 35.4 Å². The van der Waals surface area contributed by atoms with Gasteiger partial charge in [0.1, 0.15) is 0 Å². The average molecular weight is 472 g/mol. The van der Waals surface area contributed by atoms with Crippen LogP contribution in [0.15, 0.2) is 29.3 Å². The van der Waals surface area contributed by atoms with Crippen molar-refractivity contribution in [2.75, 3.05) is 19.7 Å². The van der Waals surface area contributed by atoms with Crippen LogP contribution in [0.2, 0.25) is 0 Å². The molecule has 1 aliphatic heterocycles. The number of halogens is 1. The number of benzene rings is 1. The van der Waals surface area contributed by atoms with Crippen LogP contribution in [0.4, 0.5) is 0 Å². The fourth-order valence-electron chi connectivity index (χ4n) is 3.80. The second-order valence-electron chi connectivity index (χ2n) is 7.42. The smallest absolute Gasteiger partial charge is 0.189 e. The first kappa shape index (κ1) is 21.4. The molecule has 146 valence electrons. The van der Waals surface area contributed by atoms with Gasteiger partial charge < -0.3 is 15.8 Å². The number of nitrogens with zero attached hydrogens (tertiary/aromatic N) is 2. The van der Waals surface area contributed by atoms with Gasteiger partial charge >= 0.3 is 0 Å². The zero-order chi connectivity index (χ0) is 17.5. The molecule has 1 atom stereocenters. The van der Waals surface area contributed by atoms with E-state index in [0.717, 1.165) is 26.2 Å². The summed E-state index contributed by atoms with van der Waals surface area (Å²) in [6, 6.07) is 9.19. The number of hydrogen-bond donors (Lipinski definition) is 2. The minimum absolute atomic E-state index is 0. The van der Waals surface area contributed by atoms with E-state index >= 15 is 0 Å². The zero-order valence-corrected chi connectivity index (χ0v) is 18.2. The highest BCUT2D eigenvalue weighted by Gasteiger charge is 2.16. The van der Waals surface area contributed by atoms with E-state index in [0.29, 0.717) is 24.7 Å². The molecule has 1 heterocycles. The van der Waals surface area contributed by atoms with E-state index < -0.39 is 0 Å². The molecule has 2 fully saturated rings. The zero-order valence-electron chi connectivity index (χ0n) is 15.8. The Hall–Kier alpha value is -0.860. The van der Waals surface area contributed by atoms with Crippen LogP contribution in [0, 0.1) is 0 Å². The second kappa shape index (κ2) is 11.1. The van der Waals surface area contributed by atoms with Crippen LogP contribution in [-0.2, 0) is 17.8 Å². The minimum atomic E-state index is 0. The van der Waals surface area contributed by atoms with E-state index in [1.54, 1.807) is 0 Å². The predicted octanol–water partition coefficient (Wildman–Crippen LogP) is 3.26. The summed E-state index contributed by atoms with van der Waals surface area (Å²) in [5.74, 6) is 0.583. The van der Waals surface area contributed by atoms with Crippen LogP contribution in [0.1, 0.15) is 50.2 Å². The van der Waals surface area contributed by atoms with Gasteiger partial charge in [-0.1, -0.05) is 43.5 Å². The van der Waals surface area contributed by atoms with Crippen LogP contribution < -0.4 is 11.1 Å². The highest BCUT2D eigenvalue weighted by molar-refractivity contribution is 14.0. The molecule has 0 aromatic heterocycles. The standard InChI is InChI=1S/C20H32N4O.HI/c1-16-14-24(10-11-25-16)15-18-7-5-6-17(12-18)13-22-20(21)23-19-8-3-2-4-9-19;/h5-7,12,16,19H,2-4,8-11,13-15H2,1H3,(H3,21,22,23);1H. The van der Waals surface area contributed by atoms with Gasteiger partial charge in [-0.15, -0.1) is 24.0 Å². The van der Waals surface area contributed by atoms with Crippen molar-refractivity contribution in [2.24, 2.45) is 10.7 Å². The fourth-order valence-corrected chi connectivity index (χ4v) is 3.80. The maximum absolute atomic E-state index is 6.07. The Morgan fingerprint density at radius 1 is 1.27 bits per heavy atom. The summed E-state index contributed by atoms with van der Waals surface area (Å²) >= 11 is 0. The number of nitrogens with two attached hydrogens (primary N) is 1. The number of guanidine groups is 1. The van der Waals surface area contributed by atoms with E-state index in [4.69, 9.17) is 10.5 Å². The van der Waals surface area contributed by atoms with Crippen LogP contribution in [0.25, 0.3) is 0 Å². The molecule has 1 aromatic carbocycles. The van der Waals surface area contributed by atoms with E-state index in [2.05, 4.69) is 46.4 Å². The highest BCUT2D eigenvalue weighted by Crippen LogP contribution is 2.17. The molecule has 1 aliphatic carbocycles. The molecule has 0 amide bonds. The van der Waals surface area contributed by atoms with Crippen LogP contribution in [0.5, 0.6) is 0 Å². The minimum Gasteiger partial charge on any atom is -0.376 e. The quantitative estimate of drug-likeness (QED) is 0.393.